The average Bonchev–Trinajstić information content (AvgIpc) is 2.14. The van der Waals surface area contributed by atoms with Gasteiger partial charge in [0.15, 0.2) is 0 Å². The zero-order valence-corrected chi connectivity index (χ0v) is 11.3. The van der Waals surface area contributed by atoms with Crippen LogP contribution in [0, 0.1) is 0 Å². The predicted octanol–water partition coefficient (Wildman–Crippen LogP) is 0.561. The SMILES string of the molecule is CC(CS(C)(=O)=O)Nc1ncccc1C(N)=S. The third-order valence-electron chi connectivity index (χ3n) is 2.01. The van der Waals surface area contributed by atoms with Gasteiger partial charge in [0.25, 0.3) is 0 Å². The molecule has 0 aromatic carbocycles. The van der Waals surface area contributed by atoms with Crippen molar-refractivity contribution in [1.82, 2.24) is 4.98 Å². The van der Waals surface area contributed by atoms with Crippen molar-refractivity contribution in [2.24, 2.45) is 5.73 Å². The molecule has 0 aliphatic carbocycles. The molecule has 3 N–H and O–H groups in total. The summed E-state index contributed by atoms with van der Waals surface area (Å²) in [5, 5.41) is 2.99. The minimum Gasteiger partial charge on any atom is -0.389 e. The third kappa shape index (κ3) is 4.66. The zero-order chi connectivity index (χ0) is 13.1. The summed E-state index contributed by atoms with van der Waals surface area (Å²) in [7, 11) is -3.03. The minimum absolute atomic E-state index is 0.0281. The fourth-order valence-electron chi connectivity index (χ4n) is 1.45. The summed E-state index contributed by atoms with van der Waals surface area (Å²) in [6.45, 7) is 1.76. The molecule has 1 aromatic rings. The Kier molecular flexibility index (Phi) is 4.41. The van der Waals surface area contributed by atoms with E-state index in [-0.39, 0.29) is 16.8 Å². The number of anilines is 1. The predicted molar refractivity (Wildman–Crippen MR) is 72.9 cm³/mol. The number of pyridine rings is 1. The van der Waals surface area contributed by atoms with E-state index in [2.05, 4.69) is 10.3 Å². The van der Waals surface area contributed by atoms with E-state index in [0.29, 0.717) is 11.4 Å². The second-order valence-electron chi connectivity index (χ2n) is 3.90. The summed E-state index contributed by atoms with van der Waals surface area (Å²) in [6, 6.07) is 3.21. The van der Waals surface area contributed by atoms with Crippen molar-refractivity contribution in [3.63, 3.8) is 0 Å². The summed E-state index contributed by atoms with van der Waals surface area (Å²) in [4.78, 5) is 4.33. The molecule has 17 heavy (non-hydrogen) atoms. The van der Waals surface area contributed by atoms with Gasteiger partial charge in [0.05, 0.1) is 11.3 Å². The van der Waals surface area contributed by atoms with Crippen LogP contribution >= 0.6 is 12.2 Å². The first-order valence-corrected chi connectivity index (χ1v) is 7.45. The van der Waals surface area contributed by atoms with E-state index in [1.807, 2.05) is 0 Å². The van der Waals surface area contributed by atoms with Crippen molar-refractivity contribution in [2.45, 2.75) is 13.0 Å². The van der Waals surface area contributed by atoms with E-state index in [4.69, 9.17) is 18.0 Å². The highest BCUT2D eigenvalue weighted by Gasteiger charge is 2.13. The smallest absolute Gasteiger partial charge is 0.149 e. The maximum Gasteiger partial charge on any atom is 0.149 e. The fourth-order valence-corrected chi connectivity index (χ4v) is 2.60. The maximum absolute atomic E-state index is 11.1. The lowest BCUT2D eigenvalue weighted by Gasteiger charge is -2.15. The molecule has 0 aliphatic rings. The lowest BCUT2D eigenvalue weighted by atomic mass is 10.2. The van der Waals surface area contributed by atoms with Gasteiger partial charge in [-0.05, 0) is 19.1 Å². The summed E-state index contributed by atoms with van der Waals surface area (Å²) in [5.41, 5.74) is 6.16. The number of rotatable bonds is 5. The van der Waals surface area contributed by atoms with Crippen molar-refractivity contribution in [3.05, 3.63) is 23.9 Å². The number of nitrogens with one attached hydrogen (secondary N) is 1. The molecule has 1 heterocycles. The van der Waals surface area contributed by atoms with Crippen LogP contribution in [-0.2, 0) is 9.84 Å². The molecule has 1 unspecified atom stereocenters. The number of nitrogens with two attached hydrogens (primary N) is 1. The van der Waals surface area contributed by atoms with Crippen molar-refractivity contribution >= 4 is 32.9 Å². The molecule has 0 amide bonds. The second-order valence-corrected chi connectivity index (χ2v) is 6.53. The molecule has 0 saturated carbocycles. The Hall–Kier alpha value is -1.21. The molecule has 0 aliphatic heterocycles. The van der Waals surface area contributed by atoms with Gasteiger partial charge in [-0.15, -0.1) is 0 Å². The van der Waals surface area contributed by atoms with Crippen LogP contribution < -0.4 is 11.1 Å². The van der Waals surface area contributed by atoms with Gasteiger partial charge in [0, 0.05) is 18.5 Å². The maximum atomic E-state index is 11.1. The lowest BCUT2D eigenvalue weighted by Crippen LogP contribution is -2.27. The van der Waals surface area contributed by atoms with Gasteiger partial charge in [0.1, 0.15) is 20.6 Å². The van der Waals surface area contributed by atoms with E-state index >= 15 is 0 Å². The van der Waals surface area contributed by atoms with Gasteiger partial charge < -0.3 is 11.1 Å². The largest absolute Gasteiger partial charge is 0.389 e. The van der Waals surface area contributed by atoms with Crippen molar-refractivity contribution in [2.75, 3.05) is 17.3 Å². The number of hydrogen-bond acceptors (Lipinski definition) is 5. The number of sulfone groups is 1. The molecule has 5 nitrogen and oxygen atoms in total. The van der Waals surface area contributed by atoms with Crippen LogP contribution in [0.1, 0.15) is 12.5 Å². The summed E-state index contributed by atoms with van der Waals surface area (Å²) < 4.78 is 22.3. The van der Waals surface area contributed by atoms with Crippen LogP contribution in [0.5, 0.6) is 0 Å². The Morgan fingerprint density at radius 2 is 2.29 bits per heavy atom. The Morgan fingerprint density at radius 1 is 1.65 bits per heavy atom. The van der Waals surface area contributed by atoms with E-state index in [1.54, 1.807) is 25.3 Å². The molecule has 0 radical (unpaired) electrons. The molecule has 94 valence electrons. The number of hydrogen-bond donors (Lipinski definition) is 2. The first-order chi connectivity index (χ1) is 7.79. The normalized spacial score (nSPS) is 13.1. The van der Waals surface area contributed by atoms with E-state index in [9.17, 15) is 8.42 Å². The van der Waals surface area contributed by atoms with Gasteiger partial charge in [-0.2, -0.15) is 0 Å². The van der Waals surface area contributed by atoms with E-state index < -0.39 is 9.84 Å². The standard InChI is InChI=1S/C10H15N3O2S2/c1-7(6-17(2,14)15)13-10-8(9(11)16)4-3-5-12-10/h3-5,7H,6H2,1-2H3,(H2,11,16)(H,12,13). The minimum atomic E-state index is -3.03. The van der Waals surface area contributed by atoms with Crippen molar-refractivity contribution in [3.8, 4) is 0 Å². The molecule has 1 aromatic heterocycles. The molecule has 0 bridgehead atoms. The van der Waals surface area contributed by atoms with Crippen LogP contribution in [0.25, 0.3) is 0 Å². The highest BCUT2D eigenvalue weighted by molar-refractivity contribution is 7.90. The van der Waals surface area contributed by atoms with E-state index in [1.165, 1.54) is 6.26 Å². The average molecular weight is 273 g/mol. The van der Waals surface area contributed by atoms with Crippen molar-refractivity contribution < 1.29 is 8.42 Å². The summed E-state index contributed by atoms with van der Waals surface area (Å²) >= 11 is 4.89. The van der Waals surface area contributed by atoms with Crippen molar-refractivity contribution in [1.29, 1.82) is 0 Å². The summed E-state index contributed by atoms with van der Waals surface area (Å²) in [5.74, 6) is 0.538. The fraction of sp³-hybridized carbons (Fsp3) is 0.400. The Labute approximate surface area is 106 Å². The second kappa shape index (κ2) is 5.42. The Balaban J connectivity index is 2.85. The number of nitrogens with zero attached hydrogens (tertiary/aromatic N) is 1. The molecule has 0 fully saturated rings. The zero-order valence-electron chi connectivity index (χ0n) is 9.67. The lowest BCUT2D eigenvalue weighted by molar-refractivity contribution is 0.598. The van der Waals surface area contributed by atoms with Crippen LogP contribution in [0.2, 0.25) is 0 Å². The molecule has 0 spiro atoms. The highest BCUT2D eigenvalue weighted by atomic mass is 32.2. The molecular weight excluding hydrogens is 258 g/mol. The highest BCUT2D eigenvalue weighted by Crippen LogP contribution is 2.12. The summed E-state index contributed by atoms with van der Waals surface area (Å²) in [6.07, 6.45) is 2.79. The first kappa shape index (κ1) is 13.9. The number of aromatic nitrogens is 1. The first-order valence-electron chi connectivity index (χ1n) is 4.98. The third-order valence-corrected chi connectivity index (χ3v) is 3.33. The van der Waals surface area contributed by atoms with Gasteiger partial charge in [0.2, 0.25) is 0 Å². The van der Waals surface area contributed by atoms with Crippen LogP contribution in [0.15, 0.2) is 18.3 Å². The van der Waals surface area contributed by atoms with Gasteiger partial charge >= 0.3 is 0 Å². The molecule has 1 rings (SSSR count). The van der Waals surface area contributed by atoms with Gasteiger partial charge in [-0.1, -0.05) is 12.2 Å². The quantitative estimate of drug-likeness (QED) is 0.763. The van der Waals surface area contributed by atoms with Crippen LogP contribution in [0.3, 0.4) is 0 Å². The van der Waals surface area contributed by atoms with Gasteiger partial charge in [-0.25, -0.2) is 13.4 Å². The van der Waals surface area contributed by atoms with Crippen LogP contribution in [0.4, 0.5) is 5.82 Å². The molecule has 7 heteroatoms. The Morgan fingerprint density at radius 3 is 2.82 bits per heavy atom. The topological polar surface area (TPSA) is 85.1 Å². The van der Waals surface area contributed by atoms with Crippen LogP contribution in [-0.4, -0.2) is 36.4 Å². The number of thiocarbonyl (C=S) groups is 1. The monoisotopic (exact) mass is 273 g/mol. The molecular formula is C10H15N3O2S2. The molecule has 0 saturated heterocycles. The van der Waals surface area contributed by atoms with E-state index in [0.717, 1.165) is 0 Å². The Bertz CT molecular complexity index is 514. The molecule has 1 atom stereocenters. The van der Waals surface area contributed by atoms with Gasteiger partial charge in [-0.3, -0.25) is 0 Å².